The van der Waals surface area contributed by atoms with Crippen LogP contribution in [-0.4, -0.2) is 23.4 Å². The van der Waals surface area contributed by atoms with Crippen molar-refractivity contribution in [2.24, 2.45) is 0 Å². The maximum atomic E-state index is 11.2. The van der Waals surface area contributed by atoms with Crippen molar-refractivity contribution in [2.75, 3.05) is 13.6 Å². The average Bonchev–Trinajstić information content (AvgIpc) is 2.54. The van der Waals surface area contributed by atoms with E-state index < -0.39 is 0 Å². The number of likely N-dealkylation sites (N-methyl/N-ethyl adjacent to an activating group) is 1. The fraction of sp³-hybridized carbons (Fsp3) is 0.333. The van der Waals surface area contributed by atoms with Gasteiger partial charge in [0.15, 0.2) is 0 Å². The zero-order valence-electron chi connectivity index (χ0n) is 15.5. The Morgan fingerprint density at radius 3 is 2.28 bits per heavy atom. The smallest absolute Gasteiger partial charge is 0.276 e. The van der Waals surface area contributed by atoms with Gasteiger partial charge in [-0.3, -0.25) is 15.0 Å². The molecule has 0 aromatic heterocycles. The number of hydrogen-bond acceptors (Lipinski definition) is 3. The molecule has 2 aromatic rings. The van der Waals surface area contributed by atoms with Crippen LogP contribution in [-0.2, 0) is 12.0 Å². The molecule has 0 aliphatic heterocycles. The van der Waals surface area contributed by atoms with Gasteiger partial charge in [0.25, 0.3) is 5.69 Å². The van der Waals surface area contributed by atoms with Crippen molar-refractivity contribution in [2.45, 2.75) is 32.7 Å². The molecule has 4 nitrogen and oxygen atoms in total. The first-order valence-electron chi connectivity index (χ1n) is 8.38. The Labute approximate surface area is 149 Å². The highest BCUT2D eigenvalue weighted by Crippen LogP contribution is 2.26. The summed E-state index contributed by atoms with van der Waals surface area (Å²) in [5.41, 5.74) is 4.12. The normalized spacial score (nSPS) is 11.6. The molecule has 0 aliphatic carbocycles. The number of para-hydroxylation sites is 1. The van der Waals surface area contributed by atoms with Crippen LogP contribution in [0.25, 0.3) is 5.57 Å². The highest BCUT2D eigenvalue weighted by Gasteiger charge is 2.16. The van der Waals surface area contributed by atoms with E-state index in [1.165, 1.54) is 17.2 Å². The lowest BCUT2D eigenvalue weighted by Crippen LogP contribution is -2.20. The summed E-state index contributed by atoms with van der Waals surface area (Å²) in [5, 5.41) is 11.2. The van der Waals surface area contributed by atoms with E-state index in [4.69, 9.17) is 0 Å². The molecular formula is C21H26N2O2. The van der Waals surface area contributed by atoms with Crippen LogP contribution in [0, 0.1) is 10.1 Å². The van der Waals surface area contributed by atoms with Gasteiger partial charge in [-0.05, 0) is 35.2 Å². The monoisotopic (exact) mass is 338 g/mol. The van der Waals surface area contributed by atoms with E-state index in [1.807, 2.05) is 7.05 Å². The molecule has 0 N–H and O–H groups in total. The van der Waals surface area contributed by atoms with Gasteiger partial charge in [0, 0.05) is 19.2 Å². The first-order valence-corrected chi connectivity index (χ1v) is 8.38. The molecule has 2 aromatic carbocycles. The Balaban J connectivity index is 2.04. The number of nitro groups is 1. The van der Waals surface area contributed by atoms with Crippen LogP contribution in [0.15, 0.2) is 55.1 Å². The van der Waals surface area contributed by atoms with E-state index in [9.17, 15) is 10.1 Å². The van der Waals surface area contributed by atoms with E-state index in [-0.39, 0.29) is 16.0 Å². The van der Waals surface area contributed by atoms with E-state index in [0.717, 1.165) is 12.1 Å². The SMILES string of the molecule is C=C(CN(C)Cc1ccc(C(C)(C)C)cc1)c1ccccc1[N+](=O)[O-]. The largest absolute Gasteiger partial charge is 0.298 e. The lowest BCUT2D eigenvalue weighted by atomic mass is 9.87. The Kier molecular flexibility index (Phi) is 5.75. The van der Waals surface area contributed by atoms with Gasteiger partial charge in [-0.25, -0.2) is 0 Å². The Bertz CT molecular complexity index is 758. The van der Waals surface area contributed by atoms with Crippen LogP contribution in [0.3, 0.4) is 0 Å². The number of nitrogens with zero attached hydrogens (tertiary/aromatic N) is 2. The summed E-state index contributed by atoms with van der Waals surface area (Å²) in [7, 11) is 2.00. The summed E-state index contributed by atoms with van der Waals surface area (Å²) in [5.74, 6) is 0. The van der Waals surface area contributed by atoms with Crippen molar-refractivity contribution >= 4 is 11.3 Å². The molecule has 0 heterocycles. The summed E-state index contributed by atoms with van der Waals surface area (Å²) in [6.07, 6.45) is 0. The predicted molar refractivity (Wildman–Crippen MR) is 104 cm³/mol. The van der Waals surface area contributed by atoms with Crippen LogP contribution in [0.5, 0.6) is 0 Å². The molecule has 0 spiro atoms. The first kappa shape index (κ1) is 18.9. The quantitative estimate of drug-likeness (QED) is 0.548. The molecule has 0 radical (unpaired) electrons. The third kappa shape index (κ3) is 5.00. The van der Waals surface area contributed by atoms with Gasteiger partial charge in [0.2, 0.25) is 0 Å². The van der Waals surface area contributed by atoms with E-state index in [0.29, 0.717) is 12.1 Å². The molecule has 2 rings (SSSR count). The summed E-state index contributed by atoms with van der Waals surface area (Å²) in [6, 6.07) is 15.4. The van der Waals surface area contributed by atoms with Gasteiger partial charge in [0.1, 0.15) is 0 Å². The topological polar surface area (TPSA) is 46.4 Å². The van der Waals surface area contributed by atoms with Crippen molar-refractivity contribution in [3.8, 4) is 0 Å². The molecule has 0 saturated carbocycles. The second kappa shape index (κ2) is 7.62. The van der Waals surface area contributed by atoms with Crippen LogP contribution in [0.1, 0.15) is 37.5 Å². The minimum absolute atomic E-state index is 0.107. The standard InChI is InChI=1S/C21H26N2O2/c1-16(19-8-6-7-9-20(19)23(24)25)14-22(5)15-17-10-12-18(13-11-17)21(2,3)4/h6-13H,1,14-15H2,2-5H3. The van der Waals surface area contributed by atoms with Crippen LogP contribution < -0.4 is 0 Å². The predicted octanol–water partition coefficient (Wildman–Crippen LogP) is 5.04. The number of hydrogen-bond donors (Lipinski definition) is 0. The van der Waals surface area contributed by atoms with Gasteiger partial charge >= 0.3 is 0 Å². The molecule has 4 heteroatoms. The molecule has 0 unspecified atom stereocenters. The van der Waals surface area contributed by atoms with Crippen molar-refractivity contribution in [3.63, 3.8) is 0 Å². The van der Waals surface area contributed by atoms with Gasteiger partial charge in [-0.15, -0.1) is 0 Å². The van der Waals surface area contributed by atoms with E-state index >= 15 is 0 Å². The molecule has 0 bridgehead atoms. The lowest BCUT2D eigenvalue weighted by Gasteiger charge is -2.21. The molecule has 0 amide bonds. The van der Waals surface area contributed by atoms with Gasteiger partial charge in [-0.1, -0.05) is 63.7 Å². The summed E-state index contributed by atoms with van der Waals surface area (Å²) < 4.78 is 0. The maximum absolute atomic E-state index is 11.2. The average molecular weight is 338 g/mol. The zero-order valence-corrected chi connectivity index (χ0v) is 15.5. The molecule has 132 valence electrons. The van der Waals surface area contributed by atoms with Crippen LogP contribution in [0.4, 0.5) is 5.69 Å². The first-order chi connectivity index (χ1) is 11.7. The molecule has 0 atom stereocenters. The summed E-state index contributed by atoms with van der Waals surface area (Å²) in [4.78, 5) is 12.9. The maximum Gasteiger partial charge on any atom is 0.276 e. The number of nitro benzene ring substituents is 1. The molecule has 25 heavy (non-hydrogen) atoms. The van der Waals surface area contributed by atoms with Gasteiger partial charge in [0.05, 0.1) is 10.5 Å². The Morgan fingerprint density at radius 1 is 1.12 bits per heavy atom. The number of rotatable bonds is 6. The summed E-state index contributed by atoms with van der Waals surface area (Å²) >= 11 is 0. The minimum atomic E-state index is -0.355. The van der Waals surface area contributed by atoms with Crippen LogP contribution in [0.2, 0.25) is 0 Å². The minimum Gasteiger partial charge on any atom is -0.298 e. The van der Waals surface area contributed by atoms with Crippen molar-refractivity contribution < 1.29 is 4.92 Å². The van der Waals surface area contributed by atoms with E-state index in [1.54, 1.807) is 18.2 Å². The third-order valence-electron chi connectivity index (χ3n) is 4.21. The third-order valence-corrected chi connectivity index (χ3v) is 4.21. The van der Waals surface area contributed by atoms with Crippen molar-refractivity contribution in [1.82, 2.24) is 4.90 Å². The Morgan fingerprint density at radius 2 is 1.72 bits per heavy atom. The van der Waals surface area contributed by atoms with Gasteiger partial charge < -0.3 is 0 Å². The van der Waals surface area contributed by atoms with Crippen molar-refractivity contribution in [1.29, 1.82) is 0 Å². The zero-order chi connectivity index (χ0) is 18.6. The second-order valence-electron chi connectivity index (χ2n) is 7.50. The molecule has 0 fully saturated rings. The number of benzene rings is 2. The highest BCUT2D eigenvalue weighted by atomic mass is 16.6. The van der Waals surface area contributed by atoms with Crippen molar-refractivity contribution in [3.05, 3.63) is 81.9 Å². The van der Waals surface area contributed by atoms with E-state index in [2.05, 4.69) is 56.5 Å². The lowest BCUT2D eigenvalue weighted by molar-refractivity contribution is -0.385. The molecule has 0 aliphatic rings. The molecular weight excluding hydrogens is 312 g/mol. The molecule has 0 saturated heterocycles. The fourth-order valence-corrected chi connectivity index (χ4v) is 2.82. The Hall–Kier alpha value is -2.46. The van der Waals surface area contributed by atoms with Crippen LogP contribution >= 0.6 is 0 Å². The highest BCUT2D eigenvalue weighted by molar-refractivity contribution is 5.72. The van der Waals surface area contributed by atoms with Gasteiger partial charge in [-0.2, -0.15) is 0 Å². The summed E-state index contributed by atoms with van der Waals surface area (Å²) in [6.45, 7) is 12.0. The second-order valence-corrected chi connectivity index (χ2v) is 7.50. The fourth-order valence-electron chi connectivity index (χ4n) is 2.82.